The van der Waals surface area contributed by atoms with E-state index in [-0.39, 0.29) is 11.8 Å². The Balaban J connectivity index is 2.50. The minimum absolute atomic E-state index is 0.0249. The summed E-state index contributed by atoms with van der Waals surface area (Å²) >= 11 is 7.19. The van der Waals surface area contributed by atoms with Gasteiger partial charge in [0.1, 0.15) is 5.92 Å². The van der Waals surface area contributed by atoms with Gasteiger partial charge in [0.05, 0.1) is 17.0 Å². The van der Waals surface area contributed by atoms with Crippen LogP contribution in [-0.2, 0) is 11.3 Å². The molecule has 1 rings (SSSR count). The van der Waals surface area contributed by atoms with Crippen molar-refractivity contribution in [2.24, 2.45) is 11.8 Å². The van der Waals surface area contributed by atoms with Crippen LogP contribution in [0.1, 0.15) is 18.7 Å². The number of nitrogens with zero attached hydrogens (tertiary/aromatic N) is 1. The highest BCUT2D eigenvalue weighted by Crippen LogP contribution is 2.21. The van der Waals surface area contributed by atoms with Gasteiger partial charge < -0.3 is 5.32 Å². The Bertz CT molecular complexity index is 408. The highest BCUT2D eigenvalue weighted by molar-refractivity contribution is 7.16. The van der Waals surface area contributed by atoms with E-state index in [1.54, 1.807) is 6.07 Å². The van der Waals surface area contributed by atoms with Crippen molar-refractivity contribution < 1.29 is 4.79 Å². The van der Waals surface area contributed by atoms with E-state index >= 15 is 0 Å². The first-order valence-corrected chi connectivity index (χ1v) is 6.15. The number of amides is 1. The fourth-order valence-electron chi connectivity index (χ4n) is 1.24. The number of nitrogens with one attached hydrogen (secondary N) is 1. The molecule has 1 aromatic rings. The number of rotatable bonds is 4. The Kier molecular flexibility index (Phi) is 4.78. The molecule has 1 unspecified atom stereocenters. The zero-order valence-electron chi connectivity index (χ0n) is 9.16. The number of nitriles is 1. The molecule has 0 aliphatic heterocycles. The number of halogens is 1. The molecule has 0 fully saturated rings. The molecule has 1 aromatic heterocycles. The summed E-state index contributed by atoms with van der Waals surface area (Å²) in [6.07, 6.45) is 0. The number of carbonyl (C=O) groups excluding carboxylic acids is 1. The van der Waals surface area contributed by atoms with Gasteiger partial charge in [-0.15, -0.1) is 11.3 Å². The highest BCUT2D eigenvalue weighted by Gasteiger charge is 2.21. The molecular formula is C11H13ClN2OS. The average molecular weight is 257 g/mol. The maximum absolute atomic E-state index is 11.6. The standard InChI is InChI=1S/C11H13ClN2OS/c1-7(2)9(5-13)11(15)14-6-8-3-4-10(12)16-8/h3-4,7,9H,6H2,1-2H3,(H,14,15). The van der Waals surface area contributed by atoms with Gasteiger partial charge in [0.25, 0.3) is 0 Å². The van der Waals surface area contributed by atoms with Crippen LogP contribution in [0.15, 0.2) is 12.1 Å². The Morgan fingerprint density at radius 3 is 2.75 bits per heavy atom. The lowest BCUT2D eigenvalue weighted by molar-refractivity contribution is -0.124. The summed E-state index contributed by atoms with van der Waals surface area (Å²) in [5, 5.41) is 11.6. The Morgan fingerprint density at radius 1 is 1.62 bits per heavy atom. The summed E-state index contributed by atoms with van der Waals surface area (Å²) in [7, 11) is 0. The second-order valence-corrected chi connectivity index (χ2v) is 5.57. The fraction of sp³-hybridized carbons (Fsp3) is 0.455. The summed E-state index contributed by atoms with van der Waals surface area (Å²) in [4.78, 5) is 12.6. The van der Waals surface area contributed by atoms with Crippen LogP contribution in [0.5, 0.6) is 0 Å². The lowest BCUT2D eigenvalue weighted by Crippen LogP contribution is -2.32. The predicted octanol–water partition coefficient (Wildman–Crippen LogP) is 2.81. The van der Waals surface area contributed by atoms with Gasteiger partial charge in [-0.1, -0.05) is 25.4 Å². The van der Waals surface area contributed by atoms with Crippen molar-refractivity contribution >= 4 is 28.8 Å². The van der Waals surface area contributed by atoms with Gasteiger partial charge in [-0.05, 0) is 18.1 Å². The number of carbonyl (C=O) groups is 1. The molecule has 5 heteroatoms. The SMILES string of the molecule is CC(C)C(C#N)C(=O)NCc1ccc(Cl)s1. The van der Waals surface area contributed by atoms with Crippen LogP contribution >= 0.6 is 22.9 Å². The molecule has 0 bridgehead atoms. The lowest BCUT2D eigenvalue weighted by Gasteiger charge is -2.12. The quantitative estimate of drug-likeness (QED) is 0.901. The molecule has 0 aliphatic carbocycles. The Labute approximate surface area is 104 Å². The van der Waals surface area contributed by atoms with Crippen LogP contribution < -0.4 is 5.32 Å². The first-order chi connectivity index (χ1) is 7.54. The van der Waals surface area contributed by atoms with E-state index in [1.807, 2.05) is 26.0 Å². The monoisotopic (exact) mass is 256 g/mol. The van der Waals surface area contributed by atoms with Crippen molar-refractivity contribution in [2.45, 2.75) is 20.4 Å². The van der Waals surface area contributed by atoms with E-state index in [1.165, 1.54) is 11.3 Å². The number of hydrogen-bond donors (Lipinski definition) is 1. The van der Waals surface area contributed by atoms with Crippen LogP contribution in [0.25, 0.3) is 0 Å². The Morgan fingerprint density at radius 2 is 2.31 bits per heavy atom. The molecule has 0 saturated heterocycles. The fourth-order valence-corrected chi connectivity index (χ4v) is 2.27. The Hall–Kier alpha value is -1.05. The highest BCUT2D eigenvalue weighted by atomic mass is 35.5. The molecule has 16 heavy (non-hydrogen) atoms. The normalized spacial score (nSPS) is 12.2. The van der Waals surface area contributed by atoms with Crippen LogP contribution in [0, 0.1) is 23.2 Å². The van der Waals surface area contributed by atoms with Crippen molar-refractivity contribution in [3.8, 4) is 6.07 Å². The summed E-state index contributed by atoms with van der Waals surface area (Å²) in [6, 6.07) is 5.66. The van der Waals surface area contributed by atoms with Gasteiger partial charge in [-0.3, -0.25) is 4.79 Å². The molecule has 1 heterocycles. The van der Waals surface area contributed by atoms with Gasteiger partial charge >= 0.3 is 0 Å². The van der Waals surface area contributed by atoms with E-state index in [0.717, 1.165) is 4.88 Å². The summed E-state index contributed by atoms with van der Waals surface area (Å²) in [5.74, 6) is -0.783. The predicted molar refractivity (Wildman–Crippen MR) is 65.1 cm³/mol. The third-order valence-electron chi connectivity index (χ3n) is 2.15. The smallest absolute Gasteiger partial charge is 0.237 e. The molecule has 1 amide bonds. The van der Waals surface area contributed by atoms with Gasteiger partial charge in [0, 0.05) is 4.88 Å². The maximum Gasteiger partial charge on any atom is 0.237 e. The molecule has 1 N–H and O–H groups in total. The van der Waals surface area contributed by atoms with Crippen LogP contribution in [0.3, 0.4) is 0 Å². The average Bonchev–Trinajstić information content (AvgIpc) is 2.62. The first kappa shape index (κ1) is 13.0. The summed E-state index contributed by atoms with van der Waals surface area (Å²) in [5.41, 5.74) is 0. The maximum atomic E-state index is 11.6. The largest absolute Gasteiger partial charge is 0.350 e. The van der Waals surface area contributed by atoms with E-state index in [2.05, 4.69) is 5.32 Å². The van der Waals surface area contributed by atoms with Crippen molar-refractivity contribution in [1.82, 2.24) is 5.32 Å². The van der Waals surface area contributed by atoms with Gasteiger partial charge in [0.15, 0.2) is 0 Å². The second-order valence-electron chi connectivity index (χ2n) is 3.77. The van der Waals surface area contributed by atoms with Crippen LogP contribution in [0.4, 0.5) is 0 Å². The van der Waals surface area contributed by atoms with Gasteiger partial charge in [0.2, 0.25) is 5.91 Å². The van der Waals surface area contributed by atoms with Crippen molar-refractivity contribution in [2.75, 3.05) is 0 Å². The molecule has 0 saturated carbocycles. The third-order valence-corrected chi connectivity index (χ3v) is 3.39. The molecule has 1 atom stereocenters. The molecule has 0 aliphatic rings. The molecule has 0 aromatic carbocycles. The van der Waals surface area contributed by atoms with Gasteiger partial charge in [-0.2, -0.15) is 5.26 Å². The van der Waals surface area contributed by atoms with Crippen molar-refractivity contribution in [3.05, 3.63) is 21.3 Å². The van der Waals surface area contributed by atoms with Crippen LogP contribution in [-0.4, -0.2) is 5.91 Å². The minimum Gasteiger partial charge on any atom is -0.350 e. The van der Waals surface area contributed by atoms with Crippen molar-refractivity contribution in [3.63, 3.8) is 0 Å². The summed E-state index contributed by atoms with van der Waals surface area (Å²) in [6.45, 7) is 4.14. The van der Waals surface area contributed by atoms with Gasteiger partial charge in [-0.25, -0.2) is 0 Å². The zero-order valence-corrected chi connectivity index (χ0v) is 10.7. The molecule has 86 valence electrons. The molecule has 0 spiro atoms. The van der Waals surface area contributed by atoms with E-state index in [0.29, 0.717) is 10.9 Å². The molecule has 3 nitrogen and oxygen atoms in total. The molecule has 0 radical (unpaired) electrons. The topological polar surface area (TPSA) is 52.9 Å². The summed E-state index contributed by atoms with van der Waals surface area (Å²) < 4.78 is 0.699. The van der Waals surface area contributed by atoms with E-state index < -0.39 is 5.92 Å². The third kappa shape index (κ3) is 3.51. The minimum atomic E-state index is -0.588. The van der Waals surface area contributed by atoms with E-state index in [9.17, 15) is 4.79 Å². The van der Waals surface area contributed by atoms with E-state index in [4.69, 9.17) is 16.9 Å². The zero-order chi connectivity index (χ0) is 12.1. The lowest BCUT2D eigenvalue weighted by atomic mass is 9.97. The van der Waals surface area contributed by atoms with Crippen LogP contribution in [0.2, 0.25) is 4.34 Å². The molecular weight excluding hydrogens is 244 g/mol. The second kappa shape index (κ2) is 5.88. The van der Waals surface area contributed by atoms with Crippen molar-refractivity contribution in [1.29, 1.82) is 5.26 Å². The number of thiophene rings is 1. The number of hydrogen-bond acceptors (Lipinski definition) is 3. The first-order valence-electron chi connectivity index (χ1n) is 4.96.